The normalized spacial score (nSPS) is 12.6. The first kappa shape index (κ1) is 14.5. The number of hydrogen-bond donors (Lipinski definition) is 0. The summed E-state index contributed by atoms with van der Waals surface area (Å²) in [5.74, 6) is 0.0855. The lowest BCUT2D eigenvalue weighted by molar-refractivity contribution is -0.144. The molecule has 0 spiro atoms. The lowest BCUT2D eigenvalue weighted by Gasteiger charge is -2.13. The Morgan fingerprint density at radius 1 is 1.40 bits per heavy atom. The molecule has 0 aliphatic heterocycles. The third kappa shape index (κ3) is 2.82. The number of methoxy groups -OCH3 is 1. The van der Waals surface area contributed by atoms with Crippen molar-refractivity contribution in [2.24, 2.45) is 0 Å². The zero-order chi connectivity index (χ0) is 14.5. The molecule has 0 aliphatic carbocycles. The van der Waals surface area contributed by atoms with Gasteiger partial charge in [0.25, 0.3) is 0 Å². The van der Waals surface area contributed by atoms with Crippen molar-refractivity contribution in [3.63, 3.8) is 0 Å². The molecule has 2 aromatic rings. The van der Waals surface area contributed by atoms with Gasteiger partial charge in [-0.05, 0) is 26.0 Å². The average molecular weight is 276 g/mol. The van der Waals surface area contributed by atoms with Gasteiger partial charge in [-0.25, -0.2) is 4.98 Å². The summed E-state index contributed by atoms with van der Waals surface area (Å²) in [7, 11) is 1.66. The summed E-state index contributed by atoms with van der Waals surface area (Å²) in [5.41, 5.74) is 1.89. The van der Waals surface area contributed by atoms with Crippen LogP contribution in [0.5, 0.6) is 0 Å². The molecular weight excluding hydrogens is 256 g/mol. The fourth-order valence-electron chi connectivity index (χ4n) is 2.21. The van der Waals surface area contributed by atoms with Crippen LogP contribution < -0.4 is 0 Å². The Morgan fingerprint density at radius 3 is 2.85 bits per heavy atom. The fourth-order valence-corrected chi connectivity index (χ4v) is 2.21. The number of rotatable bonds is 6. The number of fused-ring (bicyclic) bond motifs is 1. The molecule has 1 heterocycles. The van der Waals surface area contributed by atoms with Crippen LogP contribution in [0.25, 0.3) is 11.0 Å². The molecule has 108 valence electrons. The van der Waals surface area contributed by atoms with Gasteiger partial charge in [-0.2, -0.15) is 0 Å². The molecule has 0 saturated heterocycles. The number of para-hydroxylation sites is 2. The first-order chi connectivity index (χ1) is 9.69. The van der Waals surface area contributed by atoms with E-state index in [0.29, 0.717) is 19.8 Å². The summed E-state index contributed by atoms with van der Waals surface area (Å²) in [4.78, 5) is 16.5. The number of esters is 1. The lowest BCUT2D eigenvalue weighted by atomic mass is 10.1. The van der Waals surface area contributed by atoms with Crippen LogP contribution in [0.1, 0.15) is 25.6 Å². The number of carbonyl (C=O) groups is 1. The van der Waals surface area contributed by atoms with Crippen molar-refractivity contribution in [2.75, 3.05) is 20.3 Å². The highest BCUT2D eigenvalue weighted by molar-refractivity contribution is 5.81. The molecule has 0 amide bonds. The zero-order valence-corrected chi connectivity index (χ0v) is 12.1. The van der Waals surface area contributed by atoms with E-state index in [4.69, 9.17) is 9.47 Å². The van der Waals surface area contributed by atoms with E-state index in [9.17, 15) is 4.79 Å². The minimum atomic E-state index is -0.390. The summed E-state index contributed by atoms with van der Waals surface area (Å²) in [5, 5.41) is 0. The van der Waals surface area contributed by atoms with Gasteiger partial charge in [0.1, 0.15) is 11.7 Å². The predicted molar refractivity (Wildman–Crippen MR) is 76.7 cm³/mol. The van der Waals surface area contributed by atoms with Crippen LogP contribution in [-0.4, -0.2) is 35.8 Å². The van der Waals surface area contributed by atoms with E-state index < -0.39 is 0 Å². The van der Waals surface area contributed by atoms with Crippen LogP contribution in [0.2, 0.25) is 0 Å². The van der Waals surface area contributed by atoms with Gasteiger partial charge >= 0.3 is 5.97 Å². The zero-order valence-electron chi connectivity index (χ0n) is 12.1. The van der Waals surface area contributed by atoms with Crippen molar-refractivity contribution in [2.45, 2.75) is 26.3 Å². The summed E-state index contributed by atoms with van der Waals surface area (Å²) in [6.07, 6.45) is 0. The number of benzene rings is 1. The van der Waals surface area contributed by atoms with Gasteiger partial charge in [0.15, 0.2) is 0 Å². The Bertz CT molecular complexity index is 592. The molecule has 20 heavy (non-hydrogen) atoms. The maximum atomic E-state index is 11.9. The van der Waals surface area contributed by atoms with Crippen LogP contribution in [0.4, 0.5) is 0 Å². The van der Waals surface area contributed by atoms with Crippen molar-refractivity contribution in [3.8, 4) is 0 Å². The Hall–Kier alpha value is -1.88. The van der Waals surface area contributed by atoms with Gasteiger partial charge in [-0.3, -0.25) is 4.79 Å². The SMILES string of the molecule is CCOC(=O)C(C)c1nc2ccccc2n1CCOC. The highest BCUT2D eigenvalue weighted by Crippen LogP contribution is 2.23. The van der Waals surface area contributed by atoms with E-state index in [1.165, 1.54) is 0 Å². The van der Waals surface area contributed by atoms with Gasteiger partial charge in [0.05, 0.1) is 24.2 Å². The van der Waals surface area contributed by atoms with Crippen molar-refractivity contribution >= 4 is 17.0 Å². The molecular formula is C15H20N2O3. The van der Waals surface area contributed by atoms with E-state index in [1.54, 1.807) is 14.0 Å². The molecule has 0 bridgehead atoms. The molecule has 1 unspecified atom stereocenters. The Morgan fingerprint density at radius 2 is 2.15 bits per heavy atom. The molecule has 5 nitrogen and oxygen atoms in total. The highest BCUT2D eigenvalue weighted by Gasteiger charge is 2.23. The third-order valence-corrected chi connectivity index (χ3v) is 3.23. The van der Waals surface area contributed by atoms with Crippen LogP contribution in [-0.2, 0) is 20.8 Å². The van der Waals surface area contributed by atoms with E-state index in [2.05, 4.69) is 4.98 Å². The van der Waals surface area contributed by atoms with Gasteiger partial charge in [-0.15, -0.1) is 0 Å². The maximum absolute atomic E-state index is 11.9. The van der Waals surface area contributed by atoms with Gasteiger partial charge in [0, 0.05) is 13.7 Å². The standard InChI is InChI=1S/C15H20N2O3/c1-4-20-15(18)11(2)14-16-12-7-5-6-8-13(12)17(14)9-10-19-3/h5-8,11H,4,9-10H2,1-3H3. The number of carbonyl (C=O) groups excluding carboxylic acids is 1. The number of nitrogens with zero attached hydrogens (tertiary/aromatic N) is 2. The van der Waals surface area contributed by atoms with E-state index >= 15 is 0 Å². The topological polar surface area (TPSA) is 53.3 Å². The van der Waals surface area contributed by atoms with Crippen molar-refractivity contribution < 1.29 is 14.3 Å². The second-order valence-corrected chi connectivity index (χ2v) is 4.58. The largest absolute Gasteiger partial charge is 0.465 e. The number of aromatic nitrogens is 2. The van der Waals surface area contributed by atoms with Gasteiger partial charge < -0.3 is 14.0 Å². The Balaban J connectivity index is 2.42. The van der Waals surface area contributed by atoms with Crippen LogP contribution in [0.3, 0.4) is 0 Å². The summed E-state index contributed by atoms with van der Waals surface area (Å²) in [6.45, 7) is 5.24. The fraction of sp³-hybridized carbons (Fsp3) is 0.467. The second kappa shape index (κ2) is 6.52. The van der Waals surface area contributed by atoms with Crippen molar-refractivity contribution in [1.82, 2.24) is 9.55 Å². The molecule has 0 aliphatic rings. The molecule has 0 saturated carbocycles. The van der Waals surface area contributed by atoms with Gasteiger partial charge in [0.2, 0.25) is 0 Å². The lowest BCUT2D eigenvalue weighted by Crippen LogP contribution is -2.18. The molecule has 1 aromatic carbocycles. The first-order valence-corrected chi connectivity index (χ1v) is 6.79. The van der Waals surface area contributed by atoms with E-state index in [-0.39, 0.29) is 11.9 Å². The van der Waals surface area contributed by atoms with E-state index in [0.717, 1.165) is 16.9 Å². The quantitative estimate of drug-likeness (QED) is 0.760. The summed E-state index contributed by atoms with van der Waals surface area (Å²) >= 11 is 0. The molecule has 1 atom stereocenters. The average Bonchev–Trinajstić information content (AvgIpc) is 2.83. The minimum Gasteiger partial charge on any atom is -0.465 e. The van der Waals surface area contributed by atoms with Gasteiger partial charge in [-0.1, -0.05) is 12.1 Å². The van der Waals surface area contributed by atoms with E-state index in [1.807, 2.05) is 35.8 Å². The predicted octanol–water partition coefficient (Wildman–Crippen LogP) is 2.35. The van der Waals surface area contributed by atoms with Crippen LogP contribution in [0.15, 0.2) is 24.3 Å². The molecule has 0 radical (unpaired) electrons. The highest BCUT2D eigenvalue weighted by atomic mass is 16.5. The monoisotopic (exact) mass is 276 g/mol. The van der Waals surface area contributed by atoms with Crippen molar-refractivity contribution in [3.05, 3.63) is 30.1 Å². The molecule has 1 aromatic heterocycles. The van der Waals surface area contributed by atoms with Crippen LogP contribution in [0, 0.1) is 0 Å². The van der Waals surface area contributed by atoms with Crippen molar-refractivity contribution in [1.29, 1.82) is 0 Å². The second-order valence-electron chi connectivity index (χ2n) is 4.58. The number of ether oxygens (including phenoxy) is 2. The molecule has 0 fully saturated rings. The summed E-state index contributed by atoms with van der Waals surface area (Å²) in [6, 6.07) is 7.85. The summed E-state index contributed by atoms with van der Waals surface area (Å²) < 4.78 is 12.3. The smallest absolute Gasteiger partial charge is 0.316 e. The Kier molecular flexibility index (Phi) is 4.74. The maximum Gasteiger partial charge on any atom is 0.316 e. The number of imidazole rings is 1. The third-order valence-electron chi connectivity index (χ3n) is 3.23. The Labute approximate surface area is 118 Å². The molecule has 2 rings (SSSR count). The first-order valence-electron chi connectivity index (χ1n) is 6.79. The number of hydrogen-bond acceptors (Lipinski definition) is 4. The van der Waals surface area contributed by atoms with Crippen LogP contribution >= 0.6 is 0 Å². The minimum absolute atomic E-state index is 0.249. The molecule has 0 N–H and O–H groups in total. The molecule has 5 heteroatoms.